The number of anilines is 1. The SMILES string of the molecule is Cc1cc([N+](=O)[O-])c(NC(C)C)cc1F. The van der Waals surface area contributed by atoms with E-state index in [2.05, 4.69) is 5.32 Å². The highest BCUT2D eigenvalue weighted by Gasteiger charge is 2.16. The minimum absolute atomic E-state index is 0.0193. The second kappa shape index (κ2) is 4.25. The fraction of sp³-hybridized carbons (Fsp3) is 0.400. The molecule has 82 valence electrons. The molecule has 1 rings (SSSR count). The van der Waals surface area contributed by atoms with Gasteiger partial charge in [0.2, 0.25) is 0 Å². The maximum absolute atomic E-state index is 13.2. The summed E-state index contributed by atoms with van der Waals surface area (Å²) < 4.78 is 13.2. The minimum atomic E-state index is -0.517. The first kappa shape index (κ1) is 11.4. The van der Waals surface area contributed by atoms with Gasteiger partial charge in [-0.1, -0.05) is 0 Å². The Balaban J connectivity index is 3.22. The lowest BCUT2D eigenvalue weighted by Crippen LogP contribution is -2.11. The Labute approximate surface area is 87.3 Å². The van der Waals surface area contributed by atoms with Crippen molar-refractivity contribution in [3.8, 4) is 0 Å². The summed E-state index contributed by atoms with van der Waals surface area (Å²) in [5, 5.41) is 13.6. The summed E-state index contributed by atoms with van der Waals surface area (Å²) in [4.78, 5) is 10.2. The third-order valence-electron chi connectivity index (χ3n) is 1.92. The molecular weight excluding hydrogens is 199 g/mol. The number of rotatable bonds is 3. The van der Waals surface area contributed by atoms with Crippen LogP contribution in [0, 0.1) is 22.9 Å². The van der Waals surface area contributed by atoms with Crippen LogP contribution in [0.2, 0.25) is 0 Å². The van der Waals surface area contributed by atoms with Gasteiger partial charge in [0.05, 0.1) is 4.92 Å². The first-order valence-corrected chi connectivity index (χ1v) is 4.63. The molecule has 0 amide bonds. The third-order valence-corrected chi connectivity index (χ3v) is 1.92. The van der Waals surface area contributed by atoms with Gasteiger partial charge in [-0.2, -0.15) is 0 Å². The molecule has 0 unspecified atom stereocenters. The van der Waals surface area contributed by atoms with Crippen LogP contribution in [0.5, 0.6) is 0 Å². The normalized spacial score (nSPS) is 10.5. The van der Waals surface area contributed by atoms with Gasteiger partial charge >= 0.3 is 0 Å². The zero-order valence-corrected chi connectivity index (χ0v) is 8.87. The van der Waals surface area contributed by atoms with Crippen LogP contribution >= 0.6 is 0 Å². The van der Waals surface area contributed by atoms with E-state index in [1.807, 2.05) is 13.8 Å². The molecule has 5 heteroatoms. The number of nitro groups is 1. The molecule has 0 aromatic heterocycles. The molecule has 4 nitrogen and oxygen atoms in total. The van der Waals surface area contributed by atoms with Crippen LogP contribution in [0.25, 0.3) is 0 Å². The molecule has 0 fully saturated rings. The molecule has 0 aliphatic rings. The summed E-state index contributed by atoms with van der Waals surface area (Å²) in [7, 11) is 0. The molecule has 0 spiro atoms. The number of nitrogens with zero attached hydrogens (tertiary/aromatic N) is 1. The summed E-state index contributed by atoms with van der Waals surface area (Å²) in [5.41, 5.74) is 0.400. The maximum Gasteiger partial charge on any atom is 0.292 e. The Morgan fingerprint density at radius 2 is 2.07 bits per heavy atom. The molecule has 1 N–H and O–H groups in total. The smallest absolute Gasteiger partial charge is 0.292 e. The van der Waals surface area contributed by atoms with E-state index in [0.29, 0.717) is 0 Å². The Hall–Kier alpha value is -1.65. The molecule has 15 heavy (non-hydrogen) atoms. The van der Waals surface area contributed by atoms with Gasteiger partial charge < -0.3 is 5.32 Å². The van der Waals surface area contributed by atoms with E-state index in [4.69, 9.17) is 0 Å². The highest BCUT2D eigenvalue weighted by Crippen LogP contribution is 2.27. The largest absolute Gasteiger partial charge is 0.377 e. The number of halogens is 1. The molecule has 1 aromatic carbocycles. The lowest BCUT2D eigenvalue weighted by atomic mass is 10.1. The Morgan fingerprint density at radius 1 is 1.47 bits per heavy atom. The Morgan fingerprint density at radius 3 is 2.53 bits per heavy atom. The number of benzene rings is 1. The van der Waals surface area contributed by atoms with Crippen LogP contribution in [0.4, 0.5) is 15.8 Å². The number of hydrogen-bond donors (Lipinski definition) is 1. The van der Waals surface area contributed by atoms with Crippen molar-refractivity contribution in [3.63, 3.8) is 0 Å². The second-order valence-corrected chi connectivity index (χ2v) is 3.67. The predicted octanol–water partition coefficient (Wildman–Crippen LogP) is 2.86. The van der Waals surface area contributed by atoms with Crippen molar-refractivity contribution in [1.82, 2.24) is 0 Å². The third kappa shape index (κ3) is 2.65. The maximum atomic E-state index is 13.2. The monoisotopic (exact) mass is 212 g/mol. The number of aryl methyl sites for hydroxylation is 1. The second-order valence-electron chi connectivity index (χ2n) is 3.67. The van der Waals surface area contributed by atoms with Crippen molar-refractivity contribution < 1.29 is 9.31 Å². The van der Waals surface area contributed by atoms with E-state index in [9.17, 15) is 14.5 Å². The highest BCUT2D eigenvalue weighted by atomic mass is 19.1. The summed E-state index contributed by atoms with van der Waals surface area (Å²) in [6.45, 7) is 5.17. The van der Waals surface area contributed by atoms with Crippen LogP contribution in [0.3, 0.4) is 0 Å². The van der Waals surface area contributed by atoms with Crippen LogP contribution in [-0.2, 0) is 0 Å². The molecule has 0 aliphatic carbocycles. The molecule has 0 aliphatic heterocycles. The fourth-order valence-corrected chi connectivity index (χ4v) is 1.24. The van der Waals surface area contributed by atoms with Gasteiger partial charge in [-0.15, -0.1) is 0 Å². The van der Waals surface area contributed by atoms with Gasteiger partial charge in [0.1, 0.15) is 11.5 Å². The Bertz CT molecular complexity index is 391. The van der Waals surface area contributed by atoms with Gasteiger partial charge in [-0.3, -0.25) is 10.1 Å². The zero-order chi connectivity index (χ0) is 11.6. The van der Waals surface area contributed by atoms with Crippen LogP contribution < -0.4 is 5.32 Å². The van der Waals surface area contributed by atoms with Crippen LogP contribution in [-0.4, -0.2) is 11.0 Å². The zero-order valence-electron chi connectivity index (χ0n) is 8.87. The van der Waals surface area contributed by atoms with Crippen LogP contribution in [0.15, 0.2) is 12.1 Å². The first-order chi connectivity index (χ1) is 6.91. The average Bonchev–Trinajstić information content (AvgIpc) is 2.09. The average molecular weight is 212 g/mol. The van der Waals surface area contributed by atoms with Crippen LogP contribution in [0.1, 0.15) is 19.4 Å². The van der Waals surface area contributed by atoms with Gasteiger partial charge in [0.15, 0.2) is 0 Å². The first-order valence-electron chi connectivity index (χ1n) is 4.63. The van der Waals surface area contributed by atoms with E-state index < -0.39 is 10.7 Å². The lowest BCUT2D eigenvalue weighted by Gasteiger charge is -2.11. The topological polar surface area (TPSA) is 55.2 Å². The summed E-state index contributed by atoms with van der Waals surface area (Å²) >= 11 is 0. The molecule has 0 radical (unpaired) electrons. The van der Waals surface area contributed by atoms with Crippen molar-refractivity contribution in [2.45, 2.75) is 26.8 Å². The minimum Gasteiger partial charge on any atom is -0.377 e. The van der Waals surface area contributed by atoms with E-state index in [1.165, 1.54) is 13.0 Å². The number of nitrogens with one attached hydrogen (secondary N) is 1. The summed E-state index contributed by atoms with van der Waals surface area (Å²) in [6.07, 6.45) is 0. The van der Waals surface area contributed by atoms with Crippen molar-refractivity contribution >= 4 is 11.4 Å². The van der Waals surface area contributed by atoms with Crippen molar-refractivity contribution in [3.05, 3.63) is 33.6 Å². The fourth-order valence-electron chi connectivity index (χ4n) is 1.24. The molecular formula is C10H13FN2O2. The predicted molar refractivity (Wildman–Crippen MR) is 56.6 cm³/mol. The van der Waals surface area contributed by atoms with Crippen molar-refractivity contribution in [2.24, 2.45) is 0 Å². The van der Waals surface area contributed by atoms with Gasteiger partial charge in [0.25, 0.3) is 5.69 Å². The van der Waals surface area contributed by atoms with E-state index in [0.717, 1.165) is 6.07 Å². The van der Waals surface area contributed by atoms with Gasteiger partial charge in [0, 0.05) is 18.2 Å². The Kier molecular flexibility index (Phi) is 3.24. The number of nitro benzene ring substituents is 1. The molecule has 0 saturated heterocycles. The molecule has 0 atom stereocenters. The van der Waals surface area contributed by atoms with Crippen molar-refractivity contribution in [2.75, 3.05) is 5.32 Å². The standard InChI is InChI=1S/C10H13FN2O2/c1-6(2)12-9-5-8(11)7(3)4-10(9)13(14)15/h4-6,12H,1-3H3. The number of hydrogen-bond acceptors (Lipinski definition) is 3. The molecule has 0 bridgehead atoms. The van der Waals surface area contributed by atoms with Crippen molar-refractivity contribution in [1.29, 1.82) is 0 Å². The van der Waals surface area contributed by atoms with Gasteiger partial charge in [-0.25, -0.2) is 4.39 Å². The molecule has 1 aromatic rings. The van der Waals surface area contributed by atoms with Gasteiger partial charge in [-0.05, 0) is 26.3 Å². The highest BCUT2D eigenvalue weighted by molar-refractivity contribution is 5.63. The van der Waals surface area contributed by atoms with E-state index >= 15 is 0 Å². The lowest BCUT2D eigenvalue weighted by molar-refractivity contribution is -0.384. The van der Waals surface area contributed by atoms with E-state index in [1.54, 1.807) is 0 Å². The summed E-state index contributed by atoms with van der Waals surface area (Å²) in [6, 6.07) is 2.42. The molecule has 0 saturated carbocycles. The van der Waals surface area contributed by atoms with E-state index in [-0.39, 0.29) is 23.0 Å². The summed E-state index contributed by atoms with van der Waals surface area (Å²) in [5.74, 6) is -0.441. The molecule has 0 heterocycles. The quantitative estimate of drug-likeness (QED) is 0.619.